The number of hydrogen-bond donors (Lipinski definition) is 1. The maximum atomic E-state index is 6.19. The van der Waals surface area contributed by atoms with Crippen LogP contribution in [0.2, 0.25) is 0 Å². The summed E-state index contributed by atoms with van der Waals surface area (Å²) >= 11 is 1.72. The lowest BCUT2D eigenvalue weighted by Crippen LogP contribution is -2.39. The molecule has 0 unspecified atom stereocenters. The zero-order valence-electron chi connectivity index (χ0n) is 19.4. The Kier molecular flexibility index (Phi) is 6.29. The van der Waals surface area contributed by atoms with E-state index in [0.717, 1.165) is 85.9 Å². The van der Waals surface area contributed by atoms with E-state index in [1.807, 2.05) is 0 Å². The van der Waals surface area contributed by atoms with E-state index < -0.39 is 0 Å². The van der Waals surface area contributed by atoms with Crippen LogP contribution < -0.4 is 5.32 Å². The number of anilines is 1. The normalized spacial score (nSPS) is 18.8. The minimum atomic E-state index is -0.177. The molecule has 32 heavy (non-hydrogen) atoms. The second-order valence-electron chi connectivity index (χ2n) is 9.41. The predicted octanol–water partition coefficient (Wildman–Crippen LogP) is 4.18. The summed E-state index contributed by atoms with van der Waals surface area (Å²) < 4.78 is 12.7. The summed E-state index contributed by atoms with van der Waals surface area (Å²) in [5.41, 5.74) is 4.71. The summed E-state index contributed by atoms with van der Waals surface area (Å²) in [6, 6.07) is 0. The number of fused-ring (bicyclic) bond motifs is 5. The number of rotatable bonds is 7. The summed E-state index contributed by atoms with van der Waals surface area (Å²) in [7, 11) is 0. The average molecular weight is 456 g/mol. The van der Waals surface area contributed by atoms with Crippen molar-refractivity contribution in [3.8, 4) is 0 Å². The van der Waals surface area contributed by atoms with Gasteiger partial charge in [0.2, 0.25) is 0 Å². The number of aromatic nitrogens is 3. The van der Waals surface area contributed by atoms with Gasteiger partial charge in [-0.3, -0.25) is 4.90 Å². The van der Waals surface area contributed by atoms with E-state index in [1.165, 1.54) is 22.2 Å². The van der Waals surface area contributed by atoms with E-state index in [0.29, 0.717) is 6.61 Å². The number of aryl methyl sites for hydroxylation is 1. The Hall–Kier alpha value is -1.87. The Morgan fingerprint density at radius 2 is 2.03 bits per heavy atom. The van der Waals surface area contributed by atoms with Gasteiger partial charge >= 0.3 is 0 Å². The highest BCUT2D eigenvalue weighted by Crippen LogP contribution is 2.42. The van der Waals surface area contributed by atoms with E-state index in [1.54, 1.807) is 17.7 Å². The summed E-state index contributed by atoms with van der Waals surface area (Å²) in [5.74, 6) is 0.918. The monoisotopic (exact) mass is 455 g/mol. The fourth-order valence-electron chi connectivity index (χ4n) is 4.71. The van der Waals surface area contributed by atoms with Gasteiger partial charge in [-0.25, -0.2) is 15.0 Å². The van der Waals surface area contributed by atoms with Crippen LogP contribution >= 0.6 is 11.3 Å². The van der Waals surface area contributed by atoms with Crippen LogP contribution in [-0.2, 0) is 28.9 Å². The van der Waals surface area contributed by atoms with Crippen LogP contribution in [0.3, 0.4) is 0 Å². The molecular formula is C24H33N5O2S. The molecule has 0 amide bonds. The Labute approximate surface area is 193 Å². The van der Waals surface area contributed by atoms with Gasteiger partial charge in [0.1, 0.15) is 17.0 Å². The van der Waals surface area contributed by atoms with E-state index in [9.17, 15) is 0 Å². The molecule has 1 N–H and O–H groups in total. The van der Waals surface area contributed by atoms with Crippen molar-refractivity contribution in [2.45, 2.75) is 58.7 Å². The highest BCUT2D eigenvalue weighted by molar-refractivity contribution is 7.26. The van der Waals surface area contributed by atoms with Gasteiger partial charge in [-0.15, -0.1) is 11.3 Å². The molecule has 0 aromatic carbocycles. The van der Waals surface area contributed by atoms with Crippen molar-refractivity contribution in [3.05, 3.63) is 23.1 Å². The first-order chi connectivity index (χ1) is 15.6. The molecule has 0 atom stereocenters. The molecule has 3 aromatic rings. The molecular weight excluding hydrogens is 422 g/mol. The summed E-state index contributed by atoms with van der Waals surface area (Å²) in [4.78, 5) is 18.0. The minimum Gasteiger partial charge on any atom is -0.379 e. The number of morpholine rings is 1. The smallest absolute Gasteiger partial charge is 0.147 e. The first kappa shape index (κ1) is 21.9. The fourth-order valence-corrected chi connectivity index (χ4v) is 5.85. The lowest BCUT2D eigenvalue weighted by atomic mass is 9.88. The zero-order chi connectivity index (χ0) is 22.1. The van der Waals surface area contributed by atoms with E-state index in [-0.39, 0.29) is 5.60 Å². The quantitative estimate of drug-likeness (QED) is 0.573. The molecule has 2 aliphatic rings. The first-order valence-corrected chi connectivity index (χ1v) is 12.6. The highest BCUT2D eigenvalue weighted by Gasteiger charge is 2.31. The summed E-state index contributed by atoms with van der Waals surface area (Å²) in [6.07, 6.45) is 5.88. The lowest BCUT2D eigenvalue weighted by molar-refractivity contribution is -0.0401. The van der Waals surface area contributed by atoms with Crippen molar-refractivity contribution in [3.63, 3.8) is 0 Å². The Morgan fingerprint density at radius 1 is 1.19 bits per heavy atom. The zero-order valence-corrected chi connectivity index (χ0v) is 20.2. The van der Waals surface area contributed by atoms with Crippen molar-refractivity contribution in [1.29, 1.82) is 0 Å². The van der Waals surface area contributed by atoms with Crippen LogP contribution in [-0.4, -0.2) is 64.8 Å². The average Bonchev–Trinajstić information content (AvgIpc) is 3.17. The molecule has 0 bridgehead atoms. The largest absolute Gasteiger partial charge is 0.379 e. The molecule has 1 saturated heterocycles. The summed E-state index contributed by atoms with van der Waals surface area (Å²) in [6.45, 7) is 12.7. The molecule has 0 radical (unpaired) electrons. The Balaban J connectivity index is 1.52. The maximum Gasteiger partial charge on any atom is 0.147 e. The first-order valence-electron chi connectivity index (χ1n) is 11.8. The Bertz CT molecular complexity index is 1110. The maximum absolute atomic E-state index is 6.19. The van der Waals surface area contributed by atoms with Crippen LogP contribution in [0, 0.1) is 0 Å². The van der Waals surface area contributed by atoms with Crippen LogP contribution in [0.25, 0.3) is 20.4 Å². The van der Waals surface area contributed by atoms with Crippen molar-refractivity contribution in [2.24, 2.45) is 0 Å². The number of hydrogen-bond acceptors (Lipinski definition) is 8. The van der Waals surface area contributed by atoms with Gasteiger partial charge in [-0.05, 0) is 32.3 Å². The van der Waals surface area contributed by atoms with Crippen molar-refractivity contribution in [2.75, 3.05) is 44.7 Å². The van der Waals surface area contributed by atoms with Gasteiger partial charge in [0.05, 0.1) is 35.6 Å². The second-order valence-corrected chi connectivity index (χ2v) is 10.4. The molecule has 8 heteroatoms. The topological polar surface area (TPSA) is 72.4 Å². The molecule has 2 aliphatic heterocycles. The molecule has 172 valence electrons. The van der Waals surface area contributed by atoms with Crippen LogP contribution in [0.1, 0.15) is 50.4 Å². The van der Waals surface area contributed by atoms with Gasteiger partial charge in [0, 0.05) is 49.2 Å². The molecule has 5 heterocycles. The predicted molar refractivity (Wildman–Crippen MR) is 130 cm³/mol. The van der Waals surface area contributed by atoms with E-state index in [4.69, 9.17) is 19.4 Å². The SMILES string of the molecule is CCCCc1nc2sc3c(NCCN4CCOCC4)ncnc3c2c2c1COC(C)(C)C2. The van der Waals surface area contributed by atoms with Gasteiger partial charge in [0.25, 0.3) is 0 Å². The minimum absolute atomic E-state index is 0.177. The van der Waals surface area contributed by atoms with Gasteiger partial charge < -0.3 is 14.8 Å². The fraction of sp³-hybridized carbons (Fsp3) is 0.625. The highest BCUT2D eigenvalue weighted by atomic mass is 32.1. The molecule has 0 spiro atoms. The molecule has 3 aromatic heterocycles. The second kappa shape index (κ2) is 9.17. The number of nitrogens with one attached hydrogen (secondary N) is 1. The van der Waals surface area contributed by atoms with Gasteiger partial charge in [-0.2, -0.15) is 0 Å². The molecule has 0 aliphatic carbocycles. The van der Waals surface area contributed by atoms with Gasteiger partial charge in [0.15, 0.2) is 0 Å². The van der Waals surface area contributed by atoms with Gasteiger partial charge in [-0.1, -0.05) is 13.3 Å². The van der Waals surface area contributed by atoms with Crippen molar-refractivity contribution in [1.82, 2.24) is 19.9 Å². The standard InChI is InChI=1S/C24H33N5O2S/c1-4-5-6-18-17-14-31-24(2,3)13-16(17)19-20-21(32-23(19)28-18)22(27-15-26-20)25-7-8-29-9-11-30-12-10-29/h15H,4-14H2,1-3H3,(H,25,26,27). The lowest BCUT2D eigenvalue weighted by Gasteiger charge is -2.33. The molecule has 0 saturated carbocycles. The van der Waals surface area contributed by atoms with Crippen LogP contribution in [0.15, 0.2) is 6.33 Å². The molecule has 7 nitrogen and oxygen atoms in total. The third kappa shape index (κ3) is 4.33. The Morgan fingerprint density at radius 3 is 2.84 bits per heavy atom. The molecule has 5 rings (SSSR count). The summed E-state index contributed by atoms with van der Waals surface area (Å²) in [5, 5.41) is 4.77. The van der Waals surface area contributed by atoms with Crippen LogP contribution in [0.4, 0.5) is 5.82 Å². The van der Waals surface area contributed by atoms with Crippen LogP contribution in [0.5, 0.6) is 0 Å². The van der Waals surface area contributed by atoms with Crippen molar-refractivity contribution < 1.29 is 9.47 Å². The number of pyridine rings is 1. The number of ether oxygens (including phenoxy) is 2. The third-order valence-corrected chi connectivity index (χ3v) is 7.58. The number of nitrogens with zero attached hydrogens (tertiary/aromatic N) is 4. The van der Waals surface area contributed by atoms with E-state index >= 15 is 0 Å². The molecule has 1 fully saturated rings. The number of unbranched alkanes of at least 4 members (excludes halogenated alkanes) is 1. The van der Waals surface area contributed by atoms with E-state index in [2.05, 4.69) is 36.0 Å². The van der Waals surface area contributed by atoms with Crippen molar-refractivity contribution >= 4 is 37.6 Å². The number of thiophene rings is 1. The third-order valence-electron chi connectivity index (χ3n) is 6.51.